The monoisotopic (exact) mass is 403 g/mol. The third-order valence-corrected chi connectivity index (χ3v) is 5.34. The maximum atomic E-state index is 5.59. The molecule has 0 spiro atoms. The Bertz CT molecular complexity index is 600. The minimum atomic E-state index is 0.602. The van der Waals surface area contributed by atoms with Gasteiger partial charge in [0.2, 0.25) is 0 Å². The van der Waals surface area contributed by atoms with E-state index in [1.54, 1.807) is 11.3 Å². The second-order valence-corrected chi connectivity index (χ2v) is 6.73. The molecule has 2 heterocycles. The van der Waals surface area contributed by atoms with Crippen molar-refractivity contribution in [1.82, 2.24) is 0 Å². The Morgan fingerprint density at radius 1 is 1.11 bits per heavy atom. The Balaban J connectivity index is 1.79. The van der Waals surface area contributed by atoms with Crippen LogP contribution in [0.3, 0.4) is 0 Å². The molecule has 0 bridgehead atoms. The van der Waals surface area contributed by atoms with Crippen LogP contribution in [0.15, 0.2) is 32.5 Å². The lowest BCUT2D eigenvalue weighted by Gasteiger charge is -2.20. The van der Waals surface area contributed by atoms with Gasteiger partial charge in [-0.25, -0.2) is 0 Å². The van der Waals surface area contributed by atoms with Crippen LogP contribution in [0.5, 0.6) is 11.5 Å². The maximum absolute atomic E-state index is 5.59. The molecule has 0 unspecified atom stereocenters. The number of rotatable bonds is 3. The molecule has 1 aliphatic rings. The number of hydrogen-bond donors (Lipinski definition) is 1. The van der Waals surface area contributed by atoms with E-state index >= 15 is 0 Å². The van der Waals surface area contributed by atoms with Crippen LogP contribution in [0, 0.1) is 0 Å². The molecule has 3 nitrogen and oxygen atoms in total. The molecule has 0 fully saturated rings. The van der Waals surface area contributed by atoms with Crippen molar-refractivity contribution in [3.8, 4) is 11.5 Å². The van der Waals surface area contributed by atoms with E-state index < -0.39 is 0 Å². The average molecular weight is 405 g/mol. The zero-order valence-corrected chi connectivity index (χ0v) is 13.9. The van der Waals surface area contributed by atoms with Gasteiger partial charge in [0.05, 0.1) is 12.2 Å². The first-order valence-electron chi connectivity index (χ1n) is 5.79. The summed E-state index contributed by atoms with van der Waals surface area (Å²) in [5, 5.41) is 5.47. The van der Waals surface area contributed by atoms with Gasteiger partial charge in [0.1, 0.15) is 13.2 Å². The Morgan fingerprint density at radius 3 is 2.53 bits per heavy atom. The molecule has 2 aromatic rings. The smallest absolute Gasteiger partial charge is 0.163 e. The van der Waals surface area contributed by atoms with E-state index in [-0.39, 0.29) is 0 Å². The summed E-state index contributed by atoms with van der Waals surface area (Å²) < 4.78 is 13.2. The Kier molecular flexibility index (Phi) is 4.00. The molecule has 0 saturated heterocycles. The molecule has 1 N–H and O–H groups in total. The largest absolute Gasteiger partial charge is 0.486 e. The lowest BCUT2D eigenvalue weighted by atomic mass is 10.2. The number of hydrogen-bond acceptors (Lipinski definition) is 4. The maximum Gasteiger partial charge on any atom is 0.163 e. The SMILES string of the molecule is Brc1cc2c(cc1NCc1sccc1Br)OCCO2. The molecular formula is C13H11Br2NO2S. The molecule has 0 radical (unpaired) electrons. The van der Waals surface area contributed by atoms with Crippen molar-refractivity contribution in [2.45, 2.75) is 6.54 Å². The van der Waals surface area contributed by atoms with Gasteiger partial charge in [-0.15, -0.1) is 11.3 Å². The quantitative estimate of drug-likeness (QED) is 0.807. The minimum absolute atomic E-state index is 0.602. The van der Waals surface area contributed by atoms with Crippen molar-refractivity contribution in [3.05, 3.63) is 37.4 Å². The molecule has 100 valence electrons. The zero-order chi connectivity index (χ0) is 13.2. The van der Waals surface area contributed by atoms with Crippen molar-refractivity contribution >= 4 is 48.9 Å². The van der Waals surface area contributed by atoms with E-state index in [0.717, 1.165) is 32.7 Å². The van der Waals surface area contributed by atoms with Gasteiger partial charge in [-0.1, -0.05) is 0 Å². The number of thiophene rings is 1. The Labute approximate surface area is 132 Å². The fourth-order valence-electron chi connectivity index (χ4n) is 1.83. The Morgan fingerprint density at radius 2 is 1.84 bits per heavy atom. The standard InChI is InChI=1S/C13H11Br2NO2S/c14-8-1-4-19-13(8)7-16-10-6-12-11(5-9(10)15)17-2-3-18-12/h1,4-6,16H,2-3,7H2. The van der Waals surface area contributed by atoms with Crippen LogP contribution in [0.4, 0.5) is 5.69 Å². The van der Waals surface area contributed by atoms with E-state index in [4.69, 9.17) is 9.47 Å². The van der Waals surface area contributed by atoms with E-state index in [1.165, 1.54) is 4.88 Å². The van der Waals surface area contributed by atoms with Crippen molar-refractivity contribution < 1.29 is 9.47 Å². The van der Waals surface area contributed by atoms with Crippen LogP contribution in [0.2, 0.25) is 0 Å². The number of nitrogens with one attached hydrogen (secondary N) is 1. The van der Waals surface area contributed by atoms with Gasteiger partial charge >= 0.3 is 0 Å². The van der Waals surface area contributed by atoms with Crippen molar-refractivity contribution in [2.75, 3.05) is 18.5 Å². The third-order valence-electron chi connectivity index (χ3n) is 2.76. The van der Waals surface area contributed by atoms with E-state index in [0.29, 0.717) is 13.2 Å². The zero-order valence-electron chi connectivity index (χ0n) is 9.91. The first kappa shape index (κ1) is 13.3. The van der Waals surface area contributed by atoms with Crippen LogP contribution >= 0.6 is 43.2 Å². The normalized spacial score (nSPS) is 13.4. The molecule has 1 aliphatic heterocycles. The second kappa shape index (κ2) is 5.73. The molecule has 3 rings (SSSR count). The molecule has 6 heteroatoms. The third kappa shape index (κ3) is 2.90. The lowest BCUT2D eigenvalue weighted by Crippen LogP contribution is -2.15. The molecule has 0 aliphatic carbocycles. The predicted octanol–water partition coefficient (Wildman–Crippen LogP) is 4.66. The summed E-state index contributed by atoms with van der Waals surface area (Å²) in [7, 11) is 0. The van der Waals surface area contributed by atoms with Gasteiger partial charge in [0, 0.05) is 26.0 Å². The van der Waals surface area contributed by atoms with Gasteiger partial charge in [-0.05, 0) is 43.3 Å². The fraction of sp³-hybridized carbons (Fsp3) is 0.231. The highest BCUT2D eigenvalue weighted by Gasteiger charge is 2.15. The molecule has 19 heavy (non-hydrogen) atoms. The van der Waals surface area contributed by atoms with Gasteiger partial charge in [0.25, 0.3) is 0 Å². The first-order valence-corrected chi connectivity index (χ1v) is 8.25. The highest BCUT2D eigenvalue weighted by Crippen LogP contribution is 2.38. The summed E-state index contributed by atoms with van der Waals surface area (Å²) in [5.74, 6) is 1.59. The summed E-state index contributed by atoms with van der Waals surface area (Å²) in [4.78, 5) is 1.27. The number of ether oxygens (including phenoxy) is 2. The van der Waals surface area contributed by atoms with Gasteiger partial charge in [0.15, 0.2) is 11.5 Å². The van der Waals surface area contributed by atoms with Crippen molar-refractivity contribution in [2.24, 2.45) is 0 Å². The second-order valence-electron chi connectivity index (χ2n) is 4.02. The number of anilines is 1. The van der Waals surface area contributed by atoms with Gasteiger partial charge < -0.3 is 14.8 Å². The van der Waals surface area contributed by atoms with Crippen LogP contribution in [0.1, 0.15) is 4.88 Å². The number of fused-ring (bicyclic) bond motifs is 1. The van der Waals surface area contributed by atoms with Crippen molar-refractivity contribution in [1.29, 1.82) is 0 Å². The van der Waals surface area contributed by atoms with Crippen LogP contribution in [0.25, 0.3) is 0 Å². The molecule has 1 aromatic heterocycles. The highest BCUT2D eigenvalue weighted by molar-refractivity contribution is 9.11. The van der Waals surface area contributed by atoms with Crippen LogP contribution < -0.4 is 14.8 Å². The minimum Gasteiger partial charge on any atom is -0.486 e. The summed E-state index contributed by atoms with van der Waals surface area (Å²) in [6.45, 7) is 1.98. The van der Waals surface area contributed by atoms with E-state index in [9.17, 15) is 0 Å². The first-order chi connectivity index (χ1) is 9.24. The molecule has 0 saturated carbocycles. The summed E-state index contributed by atoms with van der Waals surface area (Å²) in [6, 6.07) is 5.97. The number of halogens is 2. The molecule has 0 atom stereocenters. The fourth-order valence-corrected chi connectivity index (χ4v) is 3.72. The van der Waals surface area contributed by atoms with Crippen molar-refractivity contribution in [3.63, 3.8) is 0 Å². The van der Waals surface area contributed by atoms with Crippen LogP contribution in [-0.4, -0.2) is 13.2 Å². The van der Waals surface area contributed by atoms with E-state index in [2.05, 4.69) is 48.6 Å². The summed E-state index contributed by atoms with van der Waals surface area (Å²) in [5.41, 5.74) is 1.00. The molecule has 0 amide bonds. The molecular weight excluding hydrogens is 394 g/mol. The molecule has 1 aromatic carbocycles. The van der Waals surface area contributed by atoms with E-state index in [1.807, 2.05) is 12.1 Å². The average Bonchev–Trinajstić information content (AvgIpc) is 2.82. The summed E-state index contributed by atoms with van der Waals surface area (Å²) in [6.07, 6.45) is 0. The predicted molar refractivity (Wildman–Crippen MR) is 84.5 cm³/mol. The number of benzene rings is 1. The van der Waals surface area contributed by atoms with Gasteiger partial charge in [-0.2, -0.15) is 0 Å². The topological polar surface area (TPSA) is 30.5 Å². The highest BCUT2D eigenvalue weighted by atomic mass is 79.9. The van der Waals surface area contributed by atoms with Crippen LogP contribution in [-0.2, 0) is 6.54 Å². The van der Waals surface area contributed by atoms with Gasteiger partial charge in [-0.3, -0.25) is 0 Å². The lowest BCUT2D eigenvalue weighted by molar-refractivity contribution is 0.171. The Hall–Kier alpha value is -0.720. The summed E-state index contributed by atoms with van der Waals surface area (Å²) >= 11 is 8.81.